The molecule has 252 valence electrons. The summed E-state index contributed by atoms with van der Waals surface area (Å²) in [5, 5.41) is 0. The van der Waals surface area contributed by atoms with Crippen molar-refractivity contribution < 1.29 is 13.0 Å². The third kappa shape index (κ3) is 20.7. The molecule has 0 amide bonds. The fourth-order valence-electron chi connectivity index (χ4n) is 6.63. The van der Waals surface area contributed by atoms with Gasteiger partial charge in [0.15, 0.2) is 0 Å². The molecule has 0 atom stereocenters. The van der Waals surface area contributed by atoms with Crippen LogP contribution in [-0.2, 0) is 29.4 Å². The summed E-state index contributed by atoms with van der Waals surface area (Å²) in [7, 11) is -4.23. The van der Waals surface area contributed by atoms with Crippen molar-refractivity contribution in [3.63, 3.8) is 0 Å². The van der Waals surface area contributed by atoms with Gasteiger partial charge in [0.2, 0.25) is 0 Å². The van der Waals surface area contributed by atoms with Gasteiger partial charge < -0.3 is 0 Å². The molecule has 1 aromatic carbocycles. The highest BCUT2D eigenvalue weighted by Gasteiger charge is 2.20. The molecule has 0 radical (unpaired) electrons. The zero-order chi connectivity index (χ0) is 31.4. The van der Waals surface area contributed by atoms with Gasteiger partial charge >= 0.3 is 0 Å². The molecule has 0 saturated carbocycles. The molecule has 3 nitrogen and oxygen atoms in total. The lowest BCUT2D eigenvalue weighted by atomic mass is 9.90. The molecule has 1 aromatic rings. The van der Waals surface area contributed by atoms with Gasteiger partial charge in [-0.15, -0.1) is 0 Å². The van der Waals surface area contributed by atoms with Gasteiger partial charge in [-0.05, 0) is 61.3 Å². The quantitative estimate of drug-likeness (QED) is 0.0663. The van der Waals surface area contributed by atoms with E-state index in [4.69, 9.17) is 0 Å². The number of benzene rings is 1. The largest absolute Gasteiger partial charge is 0.294 e. The normalized spacial score (nSPS) is 11.9. The summed E-state index contributed by atoms with van der Waals surface area (Å²) >= 11 is 0. The minimum Gasteiger partial charge on any atom is -0.282 e. The lowest BCUT2D eigenvalue weighted by Crippen LogP contribution is -2.10. The lowest BCUT2D eigenvalue weighted by Gasteiger charge is -2.18. The van der Waals surface area contributed by atoms with Gasteiger partial charge in [-0.1, -0.05) is 181 Å². The highest BCUT2D eigenvalue weighted by Crippen LogP contribution is 2.29. The minimum absolute atomic E-state index is 0.175. The molecule has 1 rings (SSSR count). The van der Waals surface area contributed by atoms with Gasteiger partial charge in [-0.25, -0.2) is 0 Å². The average Bonchev–Trinajstić information content (AvgIpc) is 2.98. The summed E-state index contributed by atoms with van der Waals surface area (Å²) in [5.74, 6) is 0. The average molecular weight is 621 g/mol. The molecule has 43 heavy (non-hydrogen) atoms. The van der Waals surface area contributed by atoms with E-state index >= 15 is 0 Å². The van der Waals surface area contributed by atoms with E-state index in [0.717, 1.165) is 44.1 Å². The number of hydrogen-bond acceptors (Lipinski definition) is 2. The Morgan fingerprint density at radius 3 is 1.07 bits per heavy atom. The molecule has 4 heteroatoms. The Kier molecular flexibility index (Phi) is 25.6. The zero-order valence-corrected chi connectivity index (χ0v) is 29.9. The van der Waals surface area contributed by atoms with Crippen molar-refractivity contribution in [2.24, 2.45) is 0 Å². The van der Waals surface area contributed by atoms with Crippen LogP contribution in [0.15, 0.2) is 17.0 Å². The Balaban J connectivity index is 2.79. The van der Waals surface area contributed by atoms with Gasteiger partial charge in [0.1, 0.15) is 0 Å². The molecule has 0 fully saturated rings. The highest BCUT2D eigenvalue weighted by molar-refractivity contribution is 7.85. The predicted octanol–water partition coefficient (Wildman–Crippen LogP) is 13.2. The Bertz CT molecular complexity index is 877. The van der Waals surface area contributed by atoms with Crippen LogP contribution in [0.1, 0.15) is 211 Å². The molecule has 1 N–H and O–H groups in total. The van der Waals surface area contributed by atoms with Crippen molar-refractivity contribution in [2.75, 3.05) is 0 Å². The van der Waals surface area contributed by atoms with E-state index in [0.29, 0.717) is 0 Å². The standard InChI is InChI=1S/C39H72O3S/c1-4-7-10-13-16-19-22-25-28-31-36-34-35-39(43(40,41)42)38(33-30-27-24-21-18-15-12-9-6-3)37(36)32-29-26-23-20-17-14-11-8-5-2/h34-35H,4-33H2,1-3H3,(H,40,41,42). The molecule has 0 bridgehead atoms. The molecule has 0 aliphatic rings. The molecule has 0 heterocycles. The van der Waals surface area contributed by atoms with E-state index in [2.05, 4.69) is 20.8 Å². The Hall–Kier alpha value is -0.870. The zero-order valence-electron chi connectivity index (χ0n) is 29.0. The first kappa shape index (κ1) is 40.2. The first-order chi connectivity index (χ1) is 21.0. The summed E-state index contributed by atoms with van der Waals surface area (Å²) in [6.45, 7) is 6.80. The topological polar surface area (TPSA) is 54.4 Å². The molecular weight excluding hydrogens is 548 g/mol. The summed E-state index contributed by atoms with van der Waals surface area (Å²) in [6.07, 6.45) is 37.4. The SMILES string of the molecule is CCCCCCCCCCCc1ccc(S(=O)(=O)O)c(CCCCCCCCCCC)c1CCCCCCCCCCC. The van der Waals surface area contributed by atoms with Crippen molar-refractivity contribution >= 4 is 10.1 Å². The first-order valence-corrected chi connectivity index (χ1v) is 20.5. The van der Waals surface area contributed by atoms with Gasteiger partial charge in [-0.2, -0.15) is 8.42 Å². The minimum atomic E-state index is -4.23. The second-order valence-corrected chi connectivity index (χ2v) is 14.8. The van der Waals surface area contributed by atoms with Gasteiger partial charge in [-0.3, -0.25) is 4.55 Å². The summed E-state index contributed by atoms with van der Waals surface area (Å²) in [4.78, 5) is 0.175. The van der Waals surface area contributed by atoms with Crippen molar-refractivity contribution in [1.82, 2.24) is 0 Å². The third-order valence-electron chi connectivity index (χ3n) is 9.37. The van der Waals surface area contributed by atoms with Crippen LogP contribution in [0.2, 0.25) is 0 Å². The molecule has 0 unspecified atom stereocenters. The van der Waals surface area contributed by atoms with Crippen molar-refractivity contribution in [2.45, 2.75) is 218 Å². The Labute approximate surface area is 269 Å². The number of rotatable bonds is 31. The predicted molar refractivity (Wildman–Crippen MR) is 189 cm³/mol. The van der Waals surface area contributed by atoms with Crippen molar-refractivity contribution in [3.05, 3.63) is 28.8 Å². The van der Waals surface area contributed by atoms with Gasteiger partial charge in [0.25, 0.3) is 10.1 Å². The first-order valence-electron chi connectivity index (χ1n) is 19.1. The molecule has 0 saturated heterocycles. The van der Waals surface area contributed by atoms with E-state index in [1.165, 1.54) is 165 Å². The van der Waals surface area contributed by atoms with Crippen LogP contribution in [-0.4, -0.2) is 13.0 Å². The van der Waals surface area contributed by atoms with Crippen LogP contribution in [0, 0.1) is 0 Å². The number of hydrogen-bond donors (Lipinski definition) is 1. The van der Waals surface area contributed by atoms with Crippen LogP contribution in [0.4, 0.5) is 0 Å². The summed E-state index contributed by atoms with van der Waals surface area (Å²) in [6, 6.07) is 3.73. The van der Waals surface area contributed by atoms with E-state index < -0.39 is 10.1 Å². The van der Waals surface area contributed by atoms with Crippen LogP contribution in [0.25, 0.3) is 0 Å². The molecule has 0 aliphatic carbocycles. The van der Waals surface area contributed by atoms with Crippen molar-refractivity contribution in [3.8, 4) is 0 Å². The molecule has 0 aliphatic heterocycles. The maximum atomic E-state index is 12.5. The smallest absolute Gasteiger partial charge is 0.282 e. The molecule has 0 spiro atoms. The van der Waals surface area contributed by atoms with Gasteiger partial charge in [0, 0.05) is 0 Å². The second-order valence-electron chi connectivity index (χ2n) is 13.4. The maximum Gasteiger partial charge on any atom is 0.294 e. The fraction of sp³-hybridized carbons (Fsp3) is 0.846. The molecule has 0 aromatic heterocycles. The Morgan fingerprint density at radius 2 is 0.721 bits per heavy atom. The number of unbranched alkanes of at least 4 members (excludes halogenated alkanes) is 24. The van der Waals surface area contributed by atoms with E-state index in [1.54, 1.807) is 6.07 Å². The van der Waals surface area contributed by atoms with E-state index in [1.807, 2.05) is 6.07 Å². The maximum absolute atomic E-state index is 12.5. The van der Waals surface area contributed by atoms with Gasteiger partial charge in [0.05, 0.1) is 4.90 Å². The van der Waals surface area contributed by atoms with Crippen LogP contribution < -0.4 is 0 Å². The lowest BCUT2D eigenvalue weighted by molar-refractivity contribution is 0.481. The van der Waals surface area contributed by atoms with Crippen LogP contribution in [0.5, 0.6) is 0 Å². The molecular formula is C39H72O3S. The monoisotopic (exact) mass is 621 g/mol. The van der Waals surface area contributed by atoms with E-state index in [-0.39, 0.29) is 4.90 Å². The second kappa shape index (κ2) is 27.4. The van der Waals surface area contributed by atoms with Crippen LogP contribution >= 0.6 is 0 Å². The summed E-state index contributed by atoms with van der Waals surface area (Å²) < 4.78 is 35.1. The van der Waals surface area contributed by atoms with Crippen LogP contribution in [0.3, 0.4) is 0 Å². The Morgan fingerprint density at radius 1 is 0.419 bits per heavy atom. The summed E-state index contributed by atoms with van der Waals surface area (Å²) in [5.41, 5.74) is 3.51. The van der Waals surface area contributed by atoms with E-state index in [9.17, 15) is 13.0 Å². The number of aryl methyl sites for hydroxylation is 1. The third-order valence-corrected chi connectivity index (χ3v) is 10.3. The highest BCUT2D eigenvalue weighted by atomic mass is 32.2. The fourth-order valence-corrected chi connectivity index (χ4v) is 7.41. The van der Waals surface area contributed by atoms with Crippen molar-refractivity contribution in [1.29, 1.82) is 0 Å².